The summed E-state index contributed by atoms with van der Waals surface area (Å²) >= 11 is 3.61. The van der Waals surface area contributed by atoms with Crippen LogP contribution < -0.4 is 5.32 Å². The SMILES string of the molecule is CNC1CCCN(Cc2ccccc2Br)C1. The van der Waals surface area contributed by atoms with Crippen LogP contribution in [0.4, 0.5) is 0 Å². The molecule has 0 spiro atoms. The second kappa shape index (κ2) is 5.80. The van der Waals surface area contributed by atoms with Crippen LogP contribution >= 0.6 is 15.9 Å². The zero-order chi connectivity index (χ0) is 11.4. The van der Waals surface area contributed by atoms with Gasteiger partial charge in [0.05, 0.1) is 0 Å². The highest BCUT2D eigenvalue weighted by Crippen LogP contribution is 2.20. The van der Waals surface area contributed by atoms with Crippen LogP contribution in [0, 0.1) is 0 Å². The molecule has 2 rings (SSSR count). The molecule has 0 amide bonds. The summed E-state index contributed by atoms with van der Waals surface area (Å²) in [5, 5.41) is 3.38. The summed E-state index contributed by atoms with van der Waals surface area (Å²) in [4.78, 5) is 2.53. The van der Waals surface area contributed by atoms with E-state index in [1.54, 1.807) is 0 Å². The van der Waals surface area contributed by atoms with Gasteiger partial charge in [0.15, 0.2) is 0 Å². The van der Waals surface area contributed by atoms with Crippen LogP contribution in [0.5, 0.6) is 0 Å². The molecule has 1 atom stereocenters. The minimum Gasteiger partial charge on any atom is -0.316 e. The van der Waals surface area contributed by atoms with Gasteiger partial charge in [-0.3, -0.25) is 4.90 Å². The molecular formula is C13H19BrN2. The lowest BCUT2D eigenvalue weighted by atomic mass is 10.1. The van der Waals surface area contributed by atoms with Crippen LogP contribution in [0.15, 0.2) is 28.7 Å². The van der Waals surface area contributed by atoms with Crippen molar-refractivity contribution in [3.63, 3.8) is 0 Å². The average molecular weight is 283 g/mol. The normalized spacial score (nSPS) is 22.2. The van der Waals surface area contributed by atoms with Crippen LogP contribution in [0.2, 0.25) is 0 Å². The number of nitrogens with zero attached hydrogens (tertiary/aromatic N) is 1. The minimum atomic E-state index is 0.663. The maximum Gasteiger partial charge on any atom is 0.0245 e. The first-order valence-electron chi connectivity index (χ1n) is 5.92. The molecule has 1 unspecified atom stereocenters. The Balaban J connectivity index is 1.97. The van der Waals surface area contributed by atoms with E-state index in [1.807, 2.05) is 0 Å². The van der Waals surface area contributed by atoms with Gasteiger partial charge in [-0.2, -0.15) is 0 Å². The van der Waals surface area contributed by atoms with Crippen molar-refractivity contribution in [1.82, 2.24) is 10.2 Å². The Labute approximate surface area is 106 Å². The molecule has 1 heterocycles. The molecule has 2 nitrogen and oxygen atoms in total. The number of halogens is 1. The second-order valence-corrected chi connectivity index (χ2v) is 5.31. The summed E-state index contributed by atoms with van der Waals surface area (Å²) in [6.45, 7) is 3.44. The zero-order valence-corrected chi connectivity index (χ0v) is 11.3. The van der Waals surface area contributed by atoms with Crippen LogP contribution in [0.1, 0.15) is 18.4 Å². The third kappa shape index (κ3) is 3.06. The summed E-state index contributed by atoms with van der Waals surface area (Å²) in [5.74, 6) is 0. The van der Waals surface area contributed by atoms with Gasteiger partial charge in [0.1, 0.15) is 0 Å². The van der Waals surface area contributed by atoms with Crippen molar-refractivity contribution in [2.75, 3.05) is 20.1 Å². The van der Waals surface area contributed by atoms with E-state index >= 15 is 0 Å². The summed E-state index contributed by atoms with van der Waals surface area (Å²) in [5.41, 5.74) is 1.39. The van der Waals surface area contributed by atoms with E-state index in [1.165, 1.54) is 29.4 Å². The van der Waals surface area contributed by atoms with E-state index in [0.29, 0.717) is 6.04 Å². The second-order valence-electron chi connectivity index (χ2n) is 4.45. The fourth-order valence-corrected chi connectivity index (χ4v) is 2.71. The molecule has 1 aliphatic heterocycles. The number of hydrogen-bond acceptors (Lipinski definition) is 2. The lowest BCUT2D eigenvalue weighted by Gasteiger charge is -2.32. The van der Waals surface area contributed by atoms with Crippen LogP contribution in [0.25, 0.3) is 0 Å². The van der Waals surface area contributed by atoms with Crippen LogP contribution in [-0.4, -0.2) is 31.1 Å². The van der Waals surface area contributed by atoms with E-state index in [4.69, 9.17) is 0 Å². The summed E-state index contributed by atoms with van der Waals surface area (Å²) < 4.78 is 1.22. The summed E-state index contributed by atoms with van der Waals surface area (Å²) in [6, 6.07) is 9.16. The van der Waals surface area contributed by atoms with E-state index in [9.17, 15) is 0 Å². The van der Waals surface area contributed by atoms with Gasteiger partial charge in [0.2, 0.25) is 0 Å². The third-order valence-electron chi connectivity index (χ3n) is 3.27. The van der Waals surface area contributed by atoms with E-state index in [0.717, 1.165) is 13.1 Å². The van der Waals surface area contributed by atoms with Crippen molar-refractivity contribution < 1.29 is 0 Å². The standard InChI is InChI=1S/C13H19BrN2/c1-15-12-6-4-8-16(10-12)9-11-5-2-3-7-13(11)14/h2-3,5,7,12,15H,4,6,8-10H2,1H3. The molecule has 3 heteroatoms. The number of rotatable bonds is 3. The molecule has 1 fully saturated rings. The van der Waals surface area contributed by atoms with Crippen molar-refractivity contribution in [1.29, 1.82) is 0 Å². The molecule has 1 N–H and O–H groups in total. The lowest BCUT2D eigenvalue weighted by molar-refractivity contribution is 0.187. The zero-order valence-electron chi connectivity index (χ0n) is 9.75. The van der Waals surface area contributed by atoms with Crippen LogP contribution in [0.3, 0.4) is 0 Å². The fourth-order valence-electron chi connectivity index (χ4n) is 2.30. The maximum absolute atomic E-state index is 3.61. The highest BCUT2D eigenvalue weighted by molar-refractivity contribution is 9.10. The quantitative estimate of drug-likeness (QED) is 0.917. The number of benzene rings is 1. The molecule has 0 saturated carbocycles. The first kappa shape index (κ1) is 12.1. The van der Waals surface area contributed by atoms with Gasteiger partial charge in [-0.15, -0.1) is 0 Å². The summed E-state index contributed by atoms with van der Waals surface area (Å²) in [7, 11) is 2.06. The Morgan fingerprint density at radius 2 is 2.25 bits per heavy atom. The first-order valence-corrected chi connectivity index (χ1v) is 6.72. The maximum atomic E-state index is 3.61. The molecule has 0 bridgehead atoms. The van der Waals surface area contributed by atoms with Crippen molar-refractivity contribution in [3.05, 3.63) is 34.3 Å². The van der Waals surface area contributed by atoms with Crippen LogP contribution in [-0.2, 0) is 6.54 Å². The van der Waals surface area contributed by atoms with Gasteiger partial charge in [-0.1, -0.05) is 34.1 Å². The Kier molecular flexibility index (Phi) is 4.38. The highest BCUT2D eigenvalue weighted by Gasteiger charge is 2.18. The minimum absolute atomic E-state index is 0.663. The smallest absolute Gasteiger partial charge is 0.0245 e. The van der Waals surface area contributed by atoms with E-state index < -0.39 is 0 Å². The van der Waals surface area contributed by atoms with E-state index in [2.05, 4.69) is 57.5 Å². The Morgan fingerprint density at radius 3 is 3.00 bits per heavy atom. The molecule has 1 aromatic carbocycles. The molecule has 0 aromatic heterocycles. The number of likely N-dealkylation sites (N-methyl/N-ethyl adjacent to an activating group) is 1. The lowest BCUT2D eigenvalue weighted by Crippen LogP contribution is -2.43. The van der Waals surface area contributed by atoms with Gasteiger partial charge in [0.25, 0.3) is 0 Å². The molecule has 1 aromatic rings. The van der Waals surface area contributed by atoms with Gasteiger partial charge < -0.3 is 5.32 Å². The monoisotopic (exact) mass is 282 g/mol. The Bertz CT molecular complexity index is 340. The number of piperidine rings is 1. The van der Waals surface area contributed by atoms with Gasteiger partial charge in [-0.05, 0) is 38.1 Å². The first-order chi connectivity index (χ1) is 7.79. The molecule has 88 valence electrons. The molecule has 16 heavy (non-hydrogen) atoms. The number of nitrogens with one attached hydrogen (secondary N) is 1. The van der Waals surface area contributed by atoms with Crippen molar-refractivity contribution in [2.24, 2.45) is 0 Å². The number of likely N-dealkylation sites (tertiary alicyclic amines) is 1. The Hall–Kier alpha value is -0.380. The topological polar surface area (TPSA) is 15.3 Å². The predicted molar refractivity (Wildman–Crippen MR) is 71.5 cm³/mol. The van der Waals surface area contributed by atoms with Crippen molar-refractivity contribution in [2.45, 2.75) is 25.4 Å². The number of hydrogen-bond donors (Lipinski definition) is 1. The largest absolute Gasteiger partial charge is 0.316 e. The summed E-state index contributed by atoms with van der Waals surface area (Å²) in [6.07, 6.45) is 2.61. The van der Waals surface area contributed by atoms with Crippen molar-refractivity contribution in [3.8, 4) is 0 Å². The molecule has 1 aliphatic rings. The predicted octanol–water partition coefficient (Wildman–Crippen LogP) is 2.63. The highest BCUT2D eigenvalue weighted by atomic mass is 79.9. The Morgan fingerprint density at radius 1 is 1.44 bits per heavy atom. The molecule has 0 aliphatic carbocycles. The average Bonchev–Trinajstić information content (AvgIpc) is 2.32. The molecule has 0 radical (unpaired) electrons. The van der Waals surface area contributed by atoms with Gasteiger partial charge in [0, 0.05) is 23.6 Å². The molecular weight excluding hydrogens is 264 g/mol. The van der Waals surface area contributed by atoms with Crippen molar-refractivity contribution >= 4 is 15.9 Å². The fraction of sp³-hybridized carbons (Fsp3) is 0.538. The third-order valence-corrected chi connectivity index (χ3v) is 4.04. The van der Waals surface area contributed by atoms with Gasteiger partial charge >= 0.3 is 0 Å². The van der Waals surface area contributed by atoms with E-state index in [-0.39, 0.29) is 0 Å². The molecule has 1 saturated heterocycles. The van der Waals surface area contributed by atoms with Gasteiger partial charge in [-0.25, -0.2) is 0 Å².